The van der Waals surface area contributed by atoms with E-state index in [0.717, 1.165) is 25.9 Å². The van der Waals surface area contributed by atoms with Gasteiger partial charge in [0.2, 0.25) is 11.8 Å². The second kappa shape index (κ2) is 10.2. The summed E-state index contributed by atoms with van der Waals surface area (Å²) in [7, 11) is 4.05. The number of carboxylic acid groups (broad SMARTS) is 1. The number of hydrogen-bond donors (Lipinski definition) is 3. The molecule has 8 nitrogen and oxygen atoms in total. The van der Waals surface area contributed by atoms with Gasteiger partial charge in [0, 0.05) is 32.1 Å². The topological polar surface area (TPSA) is 102 Å². The van der Waals surface area contributed by atoms with Crippen LogP contribution in [0.25, 0.3) is 0 Å². The number of likely N-dealkylation sites (tertiary alicyclic amines) is 1. The van der Waals surface area contributed by atoms with E-state index in [9.17, 15) is 14.4 Å². The van der Waals surface area contributed by atoms with Crippen LogP contribution in [0.3, 0.4) is 0 Å². The number of carboxylic acids is 1. The molecule has 0 aliphatic carbocycles. The van der Waals surface area contributed by atoms with Gasteiger partial charge in [0.25, 0.3) is 0 Å². The second-order valence-electron chi connectivity index (χ2n) is 6.12. The summed E-state index contributed by atoms with van der Waals surface area (Å²) in [6.07, 6.45) is 2.28. The summed E-state index contributed by atoms with van der Waals surface area (Å²) in [5.74, 6) is -1.27. The maximum atomic E-state index is 11.9. The highest BCUT2D eigenvalue weighted by Gasteiger charge is 2.26. The van der Waals surface area contributed by atoms with Gasteiger partial charge in [-0.1, -0.05) is 0 Å². The third-order valence-corrected chi connectivity index (χ3v) is 3.76. The van der Waals surface area contributed by atoms with Crippen LogP contribution in [0.15, 0.2) is 0 Å². The number of carbonyl (C=O) groups is 3. The van der Waals surface area contributed by atoms with Crippen LogP contribution in [0.4, 0.5) is 0 Å². The highest BCUT2D eigenvalue weighted by molar-refractivity contribution is 5.80. The van der Waals surface area contributed by atoms with Crippen LogP contribution in [0.2, 0.25) is 0 Å². The van der Waals surface area contributed by atoms with Crippen molar-refractivity contribution in [3.05, 3.63) is 0 Å². The molecule has 0 aromatic heterocycles. The monoisotopic (exact) mass is 337 g/mol. The maximum absolute atomic E-state index is 11.9. The molecule has 1 atom stereocenters. The standard InChI is InChI=1S/C15H28N4O4/c1-18(2)10-12-4-3-9-19(12)11-14(21)17-7-5-13(20)16-8-6-15(22)23/h12H,3-11H2,1-2H3,(H,16,20)(H,17,21)(H,22,23)/i1+1,2+1,6+1,8+1,10+1,11+1,15+1,16+1,17+1. The average Bonchev–Trinajstić information content (AvgIpc) is 2.84. The molecular weight excluding hydrogens is 309 g/mol. The van der Waals surface area contributed by atoms with E-state index in [1.807, 2.05) is 14.1 Å². The zero-order valence-corrected chi connectivity index (χ0v) is 14.0. The predicted molar refractivity (Wildman–Crippen MR) is 86.0 cm³/mol. The van der Waals surface area contributed by atoms with E-state index >= 15 is 0 Å². The van der Waals surface area contributed by atoms with Gasteiger partial charge < -0.3 is 20.6 Å². The Morgan fingerprint density at radius 2 is 1.78 bits per heavy atom. The summed E-state index contributed by atoms with van der Waals surface area (Å²) < 4.78 is 0. The highest BCUT2D eigenvalue weighted by Crippen LogP contribution is 2.16. The number of carbonyl (C=O) groups excluding carboxylic acids is 2. The second-order valence-corrected chi connectivity index (χ2v) is 6.12. The van der Waals surface area contributed by atoms with Gasteiger partial charge in [0.15, 0.2) is 0 Å². The van der Waals surface area contributed by atoms with Gasteiger partial charge in [0.05, 0.1) is 13.0 Å². The van der Waals surface area contributed by atoms with E-state index in [4.69, 9.17) is 5.11 Å². The van der Waals surface area contributed by atoms with E-state index in [2.05, 4.69) is 20.4 Å². The van der Waals surface area contributed by atoms with Crippen molar-refractivity contribution in [2.24, 2.45) is 0 Å². The first kappa shape index (κ1) is 19.4. The fourth-order valence-corrected chi connectivity index (χ4v) is 2.68. The van der Waals surface area contributed by atoms with E-state index in [-0.39, 0.29) is 37.7 Å². The number of rotatable bonds is 10. The van der Waals surface area contributed by atoms with E-state index in [1.54, 1.807) is 0 Å². The normalized spacial score (nSPS) is 18.1. The van der Waals surface area contributed by atoms with Crippen molar-refractivity contribution >= 4 is 17.8 Å². The van der Waals surface area contributed by atoms with Gasteiger partial charge >= 0.3 is 5.97 Å². The molecule has 0 aromatic rings. The van der Waals surface area contributed by atoms with Crippen LogP contribution >= 0.6 is 0 Å². The van der Waals surface area contributed by atoms with Crippen LogP contribution in [-0.4, -0.2) is 85.6 Å². The molecule has 0 saturated carbocycles. The Kier molecular flexibility index (Phi) is 8.57. The zero-order valence-electron chi connectivity index (χ0n) is 14.0. The van der Waals surface area contributed by atoms with E-state index in [1.165, 1.54) is 0 Å². The van der Waals surface area contributed by atoms with Crippen LogP contribution < -0.4 is 10.6 Å². The molecule has 1 unspecified atom stereocenters. The average molecular weight is 337 g/mol. The maximum Gasteiger partial charge on any atom is 0.305 e. The number of amides is 2. The van der Waals surface area contributed by atoms with Gasteiger partial charge in [0.1, 0.15) is 0 Å². The largest absolute Gasteiger partial charge is 0.481 e. The van der Waals surface area contributed by atoms with Crippen molar-refractivity contribution in [1.82, 2.24) is 20.4 Å². The van der Waals surface area contributed by atoms with Crippen molar-refractivity contribution < 1.29 is 19.5 Å². The fourth-order valence-electron chi connectivity index (χ4n) is 2.68. The predicted octanol–water partition coefficient (Wildman–Crippen LogP) is -0.890. The highest BCUT2D eigenvalue weighted by atomic mass is 16.5. The van der Waals surface area contributed by atoms with Gasteiger partial charge in [-0.05, 0) is 33.5 Å². The molecule has 1 heterocycles. The molecule has 1 rings (SSSR count). The number of nitrogens with one attached hydrogen (secondary N) is 2. The lowest BCUT2D eigenvalue weighted by Gasteiger charge is -2.26. The Balaban J connectivity index is 2.16. The molecular formula is C15H28N4O4. The van der Waals surface area contributed by atoms with E-state index < -0.39 is 5.97 Å². The Morgan fingerprint density at radius 3 is 2.43 bits per heavy atom. The summed E-state index contributed by atoms with van der Waals surface area (Å²) in [6, 6.07) is 0.412. The van der Waals surface area contributed by atoms with Crippen LogP contribution in [0.5, 0.6) is 0 Å². The summed E-state index contributed by atoms with van der Waals surface area (Å²) >= 11 is 0. The molecule has 8 heteroatoms. The molecule has 1 fully saturated rings. The van der Waals surface area contributed by atoms with Crippen LogP contribution in [0, 0.1) is 0 Å². The molecule has 3 N–H and O–H groups in total. The zero-order chi connectivity index (χ0) is 17.2. The molecule has 0 aromatic carbocycles. The van der Waals surface area contributed by atoms with Crippen molar-refractivity contribution in [2.45, 2.75) is 31.7 Å². The molecule has 1 aliphatic rings. The number of likely N-dealkylation sites (N-methyl/N-ethyl adjacent to an activating group) is 1. The van der Waals surface area contributed by atoms with Gasteiger partial charge in [-0.15, -0.1) is 0 Å². The lowest BCUT2D eigenvalue weighted by atomic mass is 10.3. The third kappa shape index (κ3) is 8.51. The minimum Gasteiger partial charge on any atom is -0.481 e. The van der Waals surface area contributed by atoms with Gasteiger partial charge in [-0.25, -0.2) is 0 Å². The molecule has 0 spiro atoms. The lowest BCUT2D eigenvalue weighted by Crippen LogP contribution is -2.44. The first-order valence-corrected chi connectivity index (χ1v) is 8.02. The minimum atomic E-state index is -0.948. The van der Waals surface area contributed by atoms with Crippen molar-refractivity contribution in [3.8, 4) is 0 Å². The smallest absolute Gasteiger partial charge is 0.305 e. The van der Waals surface area contributed by atoms with Crippen molar-refractivity contribution in [1.29, 1.82) is 0 Å². The van der Waals surface area contributed by atoms with E-state index in [0.29, 0.717) is 12.6 Å². The summed E-state index contributed by atoms with van der Waals surface area (Å²) in [4.78, 5) is 38.0. The minimum absolute atomic E-state index is 0.0750. The Labute approximate surface area is 137 Å². The summed E-state index contributed by atoms with van der Waals surface area (Å²) in [6.45, 7) is 2.62. The van der Waals surface area contributed by atoms with Crippen LogP contribution in [0.1, 0.15) is 25.7 Å². The summed E-state index contributed by atoms with van der Waals surface area (Å²) in [5.41, 5.74) is 0. The molecule has 1 aliphatic heterocycles. The van der Waals surface area contributed by atoms with Gasteiger partial charge in [-0.3, -0.25) is 19.3 Å². The SMILES string of the molecule is [13CH3]N([13CH3])[13CH2]C1CCCN1[13CH2]C(=O)[15NH]CCC(=O)[15NH][13CH2][13CH2][13C](=O)O. The first-order valence-electron chi connectivity index (χ1n) is 8.02. The van der Waals surface area contributed by atoms with Crippen molar-refractivity contribution in [2.75, 3.05) is 46.8 Å². The lowest BCUT2D eigenvalue weighted by molar-refractivity contribution is -0.137. The third-order valence-electron chi connectivity index (χ3n) is 3.76. The number of hydrogen-bond acceptors (Lipinski definition) is 5. The molecule has 1 saturated heterocycles. The first-order chi connectivity index (χ1) is 10.9. The van der Waals surface area contributed by atoms with Gasteiger partial charge in [-0.2, -0.15) is 0 Å². The Bertz CT molecular complexity index is 414. The fraction of sp³-hybridized carbons (Fsp3) is 0.800. The van der Waals surface area contributed by atoms with Crippen molar-refractivity contribution in [3.63, 3.8) is 0 Å². The van der Waals surface area contributed by atoms with Crippen LogP contribution in [-0.2, 0) is 14.4 Å². The Hall–Kier alpha value is -1.67. The quantitative estimate of drug-likeness (QED) is 0.353. The Morgan fingerprint density at radius 1 is 1.13 bits per heavy atom. The molecule has 132 valence electrons. The molecule has 0 radical (unpaired) electrons. The number of aliphatic carboxylic acids is 1. The molecule has 23 heavy (non-hydrogen) atoms. The molecule has 0 bridgehead atoms. The summed E-state index contributed by atoms with van der Waals surface area (Å²) in [5, 5.41) is 13.7. The molecule has 2 amide bonds. The number of nitrogens with zero attached hydrogens (tertiary/aromatic N) is 2.